The van der Waals surface area contributed by atoms with E-state index in [9.17, 15) is 13.2 Å². The van der Waals surface area contributed by atoms with Gasteiger partial charge >= 0.3 is 6.18 Å². The van der Waals surface area contributed by atoms with Crippen molar-refractivity contribution in [3.05, 3.63) is 29.8 Å². The predicted octanol–water partition coefficient (Wildman–Crippen LogP) is 5.36. The van der Waals surface area contributed by atoms with Gasteiger partial charge in [0, 0.05) is 11.7 Å². The van der Waals surface area contributed by atoms with Crippen molar-refractivity contribution < 1.29 is 13.2 Å². The molecule has 4 saturated carbocycles. The first-order valence-electron chi connectivity index (χ1n) is 7.93. The highest BCUT2D eigenvalue weighted by molar-refractivity contribution is 5.85. The van der Waals surface area contributed by atoms with Crippen molar-refractivity contribution in [2.75, 3.05) is 5.32 Å². The third-order valence-electron chi connectivity index (χ3n) is 5.75. The van der Waals surface area contributed by atoms with Gasteiger partial charge in [-0.3, -0.25) is 0 Å². The first kappa shape index (κ1) is 16.0. The van der Waals surface area contributed by atoms with Crippen LogP contribution in [0.4, 0.5) is 18.9 Å². The molecule has 4 aliphatic rings. The van der Waals surface area contributed by atoms with E-state index in [1.54, 1.807) is 6.07 Å². The van der Waals surface area contributed by atoms with Gasteiger partial charge in [-0.25, -0.2) is 0 Å². The summed E-state index contributed by atoms with van der Waals surface area (Å²) >= 11 is 0. The lowest BCUT2D eigenvalue weighted by atomic mass is 9.54. The van der Waals surface area contributed by atoms with Crippen molar-refractivity contribution in [2.45, 2.75) is 44.3 Å². The standard InChI is InChI=1S/C17H20F3N.ClH/c18-17(19,20)14-2-1-3-15(9-14)21-16-12-5-10-4-11(7-12)8-13(16)6-10;/h1-3,9-13,16,21H,4-8H2;1H. The van der Waals surface area contributed by atoms with E-state index in [-0.39, 0.29) is 12.4 Å². The maximum Gasteiger partial charge on any atom is 0.416 e. The Morgan fingerprint density at radius 2 is 1.50 bits per heavy atom. The van der Waals surface area contributed by atoms with E-state index in [0.717, 1.165) is 17.9 Å². The zero-order valence-electron chi connectivity index (χ0n) is 12.3. The number of halogens is 4. The molecule has 0 spiro atoms. The van der Waals surface area contributed by atoms with Gasteiger partial charge < -0.3 is 5.32 Å². The number of hydrogen-bond acceptors (Lipinski definition) is 1. The minimum atomic E-state index is -4.26. The highest BCUT2D eigenvalue weighted by atomic mass is 35.5. The summed E-state index contributed by atoms with van der Waals surface area (Å²) in [5, 5.41) is 3.44. The van der Waals surface area contributed by atoms with Gasteiger partial charge in [-0.05, 0) is 74.0 Å². The first-order valence-corrected chi connectivity index (χ1v) is 7.93. The van der Waals surface area contributed by atoms with Gasteiger partial charge in [0.15, 0.2) is 0 Å². The van der Waals surface area contributed by atoms with Crippen LogP contribution in [-0.2, 0) is 6.18 Å². The van der Waals surface area contributed by atoms with Crippen LogP contribution >= 0.6 is 12.4 Å². The third kappa shape index (κ3) is 2.82. The molecular weight excluding hydrogens is 311 g/mol. The zero-order chi connectivity index (χ0) is 14.6. The SMILES string of the molecule is Cl.FC(F)(F)c1cccc(NC2C3CC4CC(C3)CC2C4)c1. The van der Waals surface area contributed by atoms with Gasteiger partial charge in [0.1, 0.15) is 0 Å². The molecule has 1 aromatic carbocycles. The van der Waals surface area contributed by atoms with Crippen LogP contribution in [0.15, 0.2) is 24.3 Å². The molecule has 0 saturated heterocycles. The summed E-state index contributed by atoms with van der Waals surface area (Å²) in [6.45, 7) is 0. The quantitative estimate of drug-likeness (QED) is 0.768. The molecule has 0 atom stereocenters. The molecule has 1 nitrogen and oxygen atoms in total. The molecule has 122 valence electrons. The van der Waals surface area contributed by atoms with Crippen LogP contribution in [0.25, 0.3) is 0 Å². The molecule has 0 radical (unpaired) electrons. The second kappa shape index (κ2) is 5.63. The van der Waals surface area contributed by atoms with Gasteiger partial charge in [-0.1, -0.05) is 6.07 Å². The predicted molar refractivity (Wildman–Crippen MR) is 83.1 cm³/mol. The summed E-state index contributed by atoms with van der Waals surface area (Å²) in [6, 6.07) is 6.04. The summed E-state index contributed by atoms with van der Waals surface area (Å²) in [5.74, 6) is 3.09. The van der Waals surface area contributed by atoms with Gasteiger partial charge in [0.25, 0.3) is 0 Å². The van der Waals surface area contributed by atoms with Crippen LogP contribution in [-0.4, -0.2) is 6.04 Å². The number of hydrogen-bond donors (Lipinski definition) is 1. The summed E-state index contributed by atoms with van der Waals surface area (Å²) in [7, 11) is 0. The van der Waals surface area contributed by atoms with Crippen LogP contribution in [0.5, 0.6) is 0 Å². The lowest BCUT2D eigenvalue weighted by molar-refractivity contribution is -0.137. The van der Waals surface area contributed by atoms with E-state index in [4.69, 9.17) is 0 Å². The fourth-order valence-electron chi connectivity index (χ4n) is 5.14. The maximum atomic E-state index is 12.8. The lowest BCUT2D eigenvalue weighted by Gasteiger charge is -2.54. The topological polar surface area (TPSA) is 12.0 Å². The summed E-state index contributed by atoms with van der Waals surface area (Å²) < 4.78 is 38.4. The van der Waals surface area contributed by atoms with E-state index in [1.807, 2.05) is 0 Å². The Morgan fingerprint density at radius 1 is 0.909 bits per heavy atom. The highest BCUT2D eigenvalue weighted by Gasteiger charge is 2.48. The van der Waals surface area contributed by atoms with Crippen molar-refractivity contribution in [3.63, 3.8) is 0 Å². The molecule has 5 heteroatoms. The van der Waals surface area contributed by atoms with Gasteiger partial charge in [-0.15, -0.1) is 12.4 Å². The molecule has 4 aliphatic carbocycles. The molecule has 22 heavy (non-hydrogen) atoms. The third-order valence-corrected chi connectivity index (χ3v) is 5.75. The molecule has 0 unspecified atom stereocenters. The van der Waals surface area contributed by atoms with Crippen molar-refractivity contribution >= 4 is 18.1 Å². The average molecular weight is 332 g/mol. The molecule has 0 heterocycles. The number of rotatable bonds is 2. The molecule has 0 aromatic heterocycles. The Hall–Kier alpha value is -0.900. The molecule has 1 aromatic rings. The molecular formula is C17H21ClF3N. The van der Waals surface area contributed by atoms with E-state index < -0.39 is 11.7 Å². The Kier molecular flexibility index (Phi) is 4.09. The Labute approximate surface area is 135 Å². The van der Waals surface area contributed by atoms with E-state index in [0.29, 0.717) is 23.6 Å². The lowest BCUT2D eigenvalue weighted by Crippen LogP contribution is -2.51. The van der Waals surface area contributed by atoms with Crippen LogP contribution in [0.3, 0.4) is 0 Å². The fourth-order valence-corrected chi connectivity index (χ4v) is 5.14. The number of benzene rings is 1. The van der Waals surface area contributed by atoms with E-state index in [1.165, 1.54) is 44.2 Å². The Balaban J connectivity index is 0.00000144. The van der Waals surface area contributed by atoms with Crippen LogP contribution in [0.1, 0.15) is 37.7 Å². The van der Waals surface area contributed by atoms with Crippen molar-refractivity contribution in [3.8, 4) is 0 Å². The van der Waals surface area contributed by atoms with Crippen molar-refractivity contribution in [2.24, 2.45) is 23.7 Å². The molecule has 5 rings (SSSR count). The molecule has 0 amide bonds. The summed E-state index contributed by atoms with van der Waals surface area (Å²) in [5.41, 5.74) is 0.0682. The van der Waals surface area contributed by atoms with E-state index in [2.05, 4.69) is 5.32 Å². The zero-order valence-corrected chi connectivity index (χ0v) is 13.1. The fraction of sp³-hybridized carbons (Fsp3) is 0.647. The van der Waals surface area contributed by atoms with Crippen LogP contribution in [0.2, 0.25) is 0 Å². The summed E-state index contributed by atoms with van der Waals surface area (Å²) in [4.78, 5) is 0. The Bertz CT molecular complexity index is 515. The second-order valence-corrected chi connectivity index (χ2v) is 7.18. The number of nitrogens with one attached hydrogen (secondary N) is 1. The normalized spacial score (nSPS) is 36.0. The van der Waals surface area contributed by atoms with Crippen molar-refractivity contribution in [1.82, 2.24) is 0 Å². The average Bonchev–Trinajstić information content (AvgIpc) is 2.41. The largest absolute Gasteiger partial charge is 0.416 e. The van der Waals surface area contributed by atoms with Crippen LogP contribution in [0, 0.1) is 23.7 Å². The van der Waals surface area contributed by atoms with Crippen molar-refractivity contribution in [1.29, 1.82) is 0 Å². The minimum Gasteiger partial charge on any atom is -0.382 e. The van der Waals surface area contributed by atoms with Gasteiger partial charge in [0.05, 0.1) is 5.56 Å². The van der Waals surface area contributed by atoms with Gasteiger partial charge in [-0.2, -0.15) is 13.2 Å². The monoisotopic (exact) mass is 331 g/mol. The summed E-state index contributed by atoms with van der Waals surface area (Å²) in [6.07, 6.45) is 2.20. The molecule has 0 aliphatic heterocycles. The highest BCUT2D eigenvalue weighted by Crippen LogP contribution is 2.54. The smallest absolute Gasteiger partial charge is 0.382 e. The Morgan fingerprint density at radius 3 is 2.05 bits per heavy atom. The minimum absolute atomic E-state index is 0. The van der Waals surface area contributed by atoms with Crippen LogP contribution < -0.4 is 5.32 Å². The maximum absolute atomic E-state index is 12.8. The van der Waals surface area contributed by atoms with Gasteiger partial charge in [0.2, 0.25) is 0 Å². The second-order valence-electron chi connectivity index (χ2n) is 7.18. The molecule has 4 fully saturated rings. The molecule has 4 bridgehead atoms. The van der Waals surface area contributed by atoms with E-state index >= 15 is 0 Å². The number of alkyl halides is 3. The first-order chi connectivity index (χ1) is 9.99. The number of anilines is 1. The molecule has 1 N–H and O–H groups in total.